The second-order valence-corrected chi connectivity index (χ2v) is 2.32. The van der Waals surface area contributed by atoms with Gasteiger partial charge in [-0.2, -0.15) is 0 Å². The van der Waals surface area contributed by atoms with Gasteiger partial charge in [-0.25, -0.2) is 4.79 Å². The highest BCUT2D eigenvalue weighted by molar-refractivity contribution is 5.67. The number of carbonyl (C=O) groups is 2. The van der Waals surface area contributed by atoms with E-state index in [1.807, 2.05) is 6.92 Å². The van der Waals surface area contributed by atoms with Gasteiger partial charge in [0.25, 0.3) is 5.97 Å². The highest BCUT2D eigenvalue weighted by Crippen LogP contribution is 1.86. The van der Waals surface area contributed by atoms with Gasteiger partial charge in [-0.05, 0) is 6.42 Å². The zero-order valence-corrected chi connectivity index (χ0v) is 7.95. The van der Waals surface area contributed by atoms with Gasteiger partial charge in [0.1, 0.15) is 6.61 Å². The molecule has 0 aromatic heterocycles. The van der Waals surface area contributed by atoms with Crippen molar-refractivity contribution < 1.29 is 24.5 Å². The van der Waals surface area contributed by atoms with Crippen LogP contribution in [-0.2, 0) is 14.3 Å². The van der Waals surface area contributed by atoms with E-state index in [1.165, 1.54) is 0 Å². The first-order valence-corrected chi connectivity index (χ1v) is 3.99. The predicted octanol–water partition coefficient (Wildman–Crippen LogP) is 0.979. The van der Waals surface area contributed by atoms with E-state index >= 15 is 0 Å². The second kappa shape index (κ2) is 10.9. The Balaban J connectivity index is 0. The van der Waals surface area contributed by atoms with Crippen molar-refractivity contribution in [3.63, 3.8) is 0 Å². The lowest BCUT2D eigenvalue weighted by Crippen LogP contribution is -2.07. The minimum Gasteiger partial charge on any atom is -0.481 e. The molecule has 0 fully saturated rings. The molecule has 2 N–H and O–H groups in total. The molecule has 0 aliphatic heterocycles. The standard InChI is InChI=1S/C6H12O3.C2H4O2/c1-2-3-4-9-5-6(7)8;1-2(3)4/h2-5H2,1H3,(H,7,8);1H3,(H,3,4). The zero-order chi connectivity index (χ0) is 10.7. The average molecular weight is 192 g/mol. The summed E-state index contributed by atoms with van der Waals surface area (Å²) in [6, 6.07) is 0. The largest absolute Gasteiger partial charge is 0.481 e. The van der Waals surface area contributed by atoms with Crippen molar-refractivity contribution in [1.29, 1.82) is 0 Å². The van der Waals surface area contributed by atoms with E-state index in [-0.39, 0.29) is 6.61 Å². The maximum Gasteiger partial charge on any atom is 0.329 e. The third kappa shape index (κ3) is 36.0. The van der Waals surface area contributed by atoms with Gasteiger partial charge in [-0.3, -0.25) is 4.79 Å². The third-order valence-corrected chi connectivity index (χ3v) is 0.868. The molecule has 13 heavy (non-hydrogen) atoms. The lowest BCUT2D eigenvalue weighted by molar-refractivity contribution is -0.142. The quantitative estimate of drug-likeness (QED) is 0.634. The molecule has 0 radical (unpaired) electrons. The van der Waals surface area contributed by atoms with Gasteiger partial charge >= 0.3 is 5.97 Å². The molecule has 0 unspecified atom stereocenters. The van der Waals surface area contributed by atoms with Crippen LogP contribution in [0.25, 0.3) is 0 Å². The molecular weight excluding hydrogens is 176 g/mol. The molecule has 5 nitrogen and oxygen atoms in total. The second-order valence-electron chi connectivity index (χ2n) is 2.32. The van der Waals surface area contributed by atoms with E-state index in [0.717, 1.165) is 19.8 Å². The topological polar surface area (TPSA) is 83.8 Å². The number of rotatable bonds is 5. The number of unbranched alkanes of at least 4 members (excludes halogenated alkanes) is 1. The molecule has 0 heterocycles. The first kappa shape index (κ1) is 14.4. The zero-order valence-electron chi connectivity index (χ0n) is 7.95. The molecule has 78 valence electrons. The number of aliphatic carboxylic acids is 2. The molecule has 0 aromatic carbocycles. The Hall–Kier alpha value is -1.10. The minimum absolute atomic E-state index is 0.167. The van der Waals surface area contributed by atoms with Crippen LogP contribution in [0.5, 0.6) is 0 Å². The Labute approximate surface area is 77.3 Å². The van der Waals surface area contributed by atoms with Gasteiger partial charge in [0.2, 0.25) is 0 Å². The molecule has 0 atom stereocenters. The van der Waals surface area contributed by atoms with Crippen LogP contribution in [-0.4, -0.2) is 35.4 Å². The Bertz CT molecular complexity index is 139. The minimum atomic E-state index is -0.897. The molecule has 5 heteroatoms. The number of carboxylic acid groups (broad SMARTS) is 2. The van der Waals surface area contributed by atoms with Crippen LogP contribution in [0, 0.1) is 0 Å². The number of hydrogen-bond acceptors (Lipinski definition) is 3. The molecular formula is C8H16O5. The molecule has 0 spiro atoms. The van der Waals surface area contributed by atoms with Gasteiger partial charge in [-0.1, -0.05) is 13.3 Å². The van der Waals surface area contributed by atoms with Gasteiger partial charge in [0.05, 0.1) is 0 Å². The molecule has 0 aliphatic carbocycles. The molecule has 0 aromatic rings. The predicted molar refractivity (Wildman–Crippen MR) is 46.7 cm³/mol. The first-order valence-electron chi connectivity index (χ1n) is 3.99. The summed E-state index contributed by atoms with van der Waals surface area (Å²) < 4.78 is 4.74. The van der Waals surface area contributed by atoms with E-state index in [1.54, 1.807) is 0 Å². The molecule has 0 saturated heterocycles. The monoisotopic (exact) mass is 192 g/mol. The molecule has 0 aliphatic rings. The summed E-state index contributed by atoms with van der Waals surface area (Å²) in [5.74, 6) is -1.73. The fraction of sp³-hybridized carbons (Fsp3) is 0.750. The van der Waals surface area contributed by atoms with Gasteiger partial charge < -0.3 is 14.9 Å². The molecule has 0 amide bonds. The van der Waals surface area contributed by atoms with E-state index < -0.39 is 11.9 Å². The van der Waals surface area contributed by atoms with Crippen LogP contribution in [0.1, 0.15) is 26.7 Å². The van der Waals surface area contributed by atoms with Crippen LogP contribution >= 0.6 is 0 Å². The van der Waals surface area contributed by atoms with Gasteiger partial charge in [-0.15, -0.1) is 0 Å². The summed E-state index contributed by atoms with van der Waals surface area (Å²) in [6.45, 7) is 3.51. The maximum atomic E-state index is 9.84. The third-order valence-electron chi connectivity index (χ3n) is 0.868. The van der Waals surface area contributed by atoms with Gasteiger partial charge in [0, 0.05) is 13.5 Å². The molecule has 0 saturated carbocycles. The average Bonchev–Trinajstić information content (AvgIpc) is 1.97. The van der Waals surface area contributed by atoms with Crippen LogP contribution in [0.15, 0.2) is 0 Å². The number of hydrogen-bond donors (Lipinski definition) is 2. The SMILES string of the molecule is CC(=O)O.CCCCOCC(=O)O. The highest BCUT2D eigenvalue weighted by Gasteiger charge is 1.93. The van der Waals surface area contributed by atoms with Crippen LogP contribution in [0.3, 0.4) is 0 Å². The van der Waals surface area contributed by atoms with Crippen LogP contribution < -0.4 is 0 Å². The number of ether oxygens (including phenoxy) is 1. The normalized spacial score (nSPS) is 8.46. The summed E-state index contributed by atoms with van der Waals surface area (Å²) in [5, 5.41) is 15.5. The first-order chi connectivity index (χ1) is 6.00. The smallest absolute Gasteiger partial charge is 0.329 e. The van der Waals surface area contributed by atoms with Gasteiger partial charge in [0.15, 0.2) is 0 Å². The summed E-state index contributed by atoms with van der Waals surface area (Å²) >= 11 is 0. The lowest BCUT2D eigenvalue weighted by atomic mass is 10.4. The van der Waals surface area contributed by atoms with Crippen molar-refractivity contribution in [2.75, 3.05) is 13.2 Å². The molecule has 0 bridgehead atoms. The van der Waals surface area contributed by atoms with Crippen LogP contribution in [0.4, 0.5) is 0 Å². The lowest BCUT2D eigenvalue weighted by Gasteiger charge is -1.96. The Kier molecular flexibility index (Phi) is 12.1. The fourth-order valence-corrected chi connectivity index (χ4v) is 0.406. The van der Waals surface area contributed by atoms with Crippen molar-refractivity contribution in [1.82, 2.24) is 0 Å². The van der Waals surface area contributed by atoms with Crippen molar-refractivity contribution in [2.45, 2.75) is 26.7 Å². The molecule has 0 rings (SSSR count). The van der Waals surface area contributed by atoms with E-state index in [9.17, 15) is 4.79 Å². The van der Waals surface area contributed by atoms with E-state index in [0.29, 0.717) is 6.61 Å². The van der Waals surface area contributed by atoms with E-state index in [4.69, 9.17) is 19.7 Å². The van der Waals surface area contributed by atoms with Crippen molar-refractivity contribution >= 4 is 11.9 Å². The Morgan fingerprint density at radius 1 is 1.31 bits per heavy atom. The van der Waals surface area contributed by atoms with Crippen molar-refractivity contribution in [3.05, 3.63) is 0 Å². The van der Waals surface area contributed by atoms with E-state index in [2.05, 4.69) is 0 Å². The fourth-order valence-electron chi connectivity index (χ4n) is 0.406. The van der Waals surface area contributed by atoms with Crippen LogP contribution in [0.2, 0.25) is 0 Å². The summed E-state index contributed by atoms with van der Waals surface area (Å²) in [6.07, 6.45) is 1.98. The Morgan fingerprint density at radius 2 is 1.77 bits per heavy atom. The maximum absolute atomic E-state index is 9.84. The summed E-state index contributed by atoms with van der Waals surface area (Å²) in [5.41, 5.74) is 0. The Morgan fingerprint density at radius 3 is 2.08 bits per heavy atom. The number of carboxylic acids is 2. The highest BCUT2D eigenvalue weighted by atomic mass is 16.5. The van der Waals surface area contributed by atoms with Crippen molar-refractivity contribution in [3.8, 4) is 0 Å². The summed E-state index contributed by atoms with van der Waals surface area (Å²) in [7, 11) is 0. The van der Waals surface area contributed by atoms with Crippen molar-refractivity contribution in [2.24, 2.45) is 0 Å². The summed E-state index contributed by atoms with van der Waals surface area (Å²) in [4.78, 5) is 18.8.